The van der Waals surface area contributed by atoms with Gasteiger partial charge in [0.05, 0.1) is 0 Å². The number of carbonyl (C=O) groups is 1. The molecule has 0 aromatic heterocycles. The molecule has 0 heterocycles. The normalized spacial score (nSPS) is 15.0. The second-order valence-electron chi connectivity index (χ2n) is 4.88. The summed E-state index contributed by atoms with van der Waals surface area (Å²) in [6.45, 7) is 13.4. The summed E-state index contributed by atoms with van der Waals surface area (Å²) in [5.74, 6) is -0.804. The van der Waals surface area contributed by atoms with E-state index < -0.39 is 11.4 Å². The maximum Gasteiger partial charge on any atom is 0.331 e. The highest BCUT2D eigenvalue weighted by Gasteiger charge is 2.39. The molecule has 0 aliphatic rings. The number of thiol groups is 1. The number of aliphatic carboxylic acids is 1. The first-order valence-electron chi connectivity index (χ1n) is 4.66. The summed E-state index contributed by atoms with van der Waals surface area (Å²) in [7, 11) is 0. The second-order valence-corrected chi connectivity index (χ2v) is 6.03. The molecule has 14 heavy (non-hydrogen) atoms. The summed E-state index contributed by atoms with van der Waals surface area (Å²) in [5.41, 5.74) is -0.205. The molecule has 2 nitrogen and oxygen atoms in total. The van der Waals surface area contributed by atoms with Crippen molar-refractivity contribution >= 4 is 18.6 Å². The van der Waals surface area contributed by atoms with Crippen LogP contribution in [0.25, 0.3) is 0 Å². The van der Waals surface area contributed by atoms with Crippen molar-refractivity contribution in [2.45, 2.75) is 39.4 Å². The zero-order valence-corrected chi connectivity index (χ0v) is 10.5. The average molecular weight is 216 g/mol. The summed E-state index contributed by atoms with van der Waals surface area (Å²) in [4.78, 5) is 10.9. The van der Waals surface area contributed by atoms with Crippen LogP contribution >= 0.6 is 12.6 Å². The van der Waals surface area contributed by atoms with Crippen LogP contribution in [0.2, 0.25) is 0 Å². The van der Waals surface area contributed by atoms with Crippen LogP contribution in [-0.2, 0) is 4.79 Å². The third kappa shape index (κ3) is 2.77. The Morgan fingerprint density at radius 3 is 1.93 bits per heavy atom. The highest BCUT2D eigenvalue weighted by molar-refractivity contribution is 7.81. The molecule has 3 heteroatoms. The van der Waals surface area contributed by atoms with Gasteiger partial charge < -0.3 is 5.11 Å². The number of hydrogen-bond donors (Lipinski definition) is 2. The molecule has 0 amide bonds. The van der Waals surface area contributed by atoms with Gasteiger partial charge in [-0.1, -0.05) is 41.2 Å². The number of rotatable bonds is 4. The van der Waals surface area contributed by atoms with Gasteiger partial charge in [0.15, 0.2) is 0 Å². The summed E-state index contributed by atoms with van der Waals surface area (Å²) < 4.78 is -0.220. The van der Waals surface area contributed by atoms with Crippen molar-refractivity contribution in [3.63, 3.8) is 0 Å². The van der Waals surface area contributed by atoms with Crippen molar-refractivity contribution in [1.82, 2.24) is 0 Å². The van der Waals surface area contributed by atoms with E-state index in [0.29, 0.717) is 0 Å². The van der Waals surface area contributed by atoms with E-state index in [4.69, 9.17) is 5.11 Å². The largest absolute Gasteiger partial charge is 0.478 e. The Balaban J connectivity index is 4.97. The van der Waals surface area contributed by atoms with Crippen LogP contribution in [-0.4, -0.2) is 15.8 Å². The zero-order valence-electron chi connectivity index (χ0n) is 9.59. The van der Waals surface area contributed by atoms with Gasteiger partial charge in [-0.05, 0) is 5.92 Å². The van der Waals surface area contributed by atoms with Gasteiger partial charge in [0.2, 0.25) is 0 Å². The van der Waals surface area contributed by atoms with E-state index in [-0.39, 0.29) is 16.2 Å². The summed E-state index contributed by atoms with van der Waals surface area (Å²) in [6.07, 6.45) is 0. The van der Waals surface area contributed by atoms with Gasteiger partial charge in [-0.15, -0.1) is 0 Å². The monoisotopic (exact) mass is 216 g/mol. The number of hydrogen-bond acceptors (Lipinski definition) is 2. The lowest BCUT2D eigenvalue weighted by Gasteiger charge is -2.40. The third-order valence-corrected chi connectivity index (χ3v) is 3.57. The Bertz CT molecular complexity index is 249. The van der Waals surface area contributed by atoms with Crippen molar-refractivity contribution in [2.24, 2.45) is 11.3 Å². The minimum absolute atomic E-state index is 0.127. The first kappa shape index (κ1) is 13.6. The lowest BCUT2D eigenvalue weighted by molar-refractivity contribution is -0.134. The van der Waals surface area contributed by atoms with Crippen LogP contribution < -0.4 is 0 Å². The molecule has 1 N–H and O–H groups in total. The molecule has 0 radical (unpaired) electrons. The molecule has 0 aromatic carbocycles. The Morgan fingerprint density at radius 1 is 1.36 bits per heavy atom. The van der Waals surface area contributed by atoms with Gasteiger partial charge in [-0.2, -0.15) is 12.6 Å². The molecule has 0 spiro atoms. The Labute approximate surface area is 91.8 Å². The van der Waals surface area contributed by atoms with Crippen LogP contribution in [0.1, 0.15) is 34.6 Å². The fraction of sp³-hybridized carbons (Fsp3) is 0.727. The number of carboxylic acids is 1. The SMILES string of the molecule is C=C(C(=O)O)C(C)(C)C(C)C(C)(C)S. The van der Waals surface area contributed by atoms with E-state index >= 15 is 0 Å². The van der Waals surface area contributed by atoms with Crippen LogP contribution in [0.5, 0.6) is 0 Å². The molecule has 0 rings (SSSR count). The maximum atomic E-state index is 10.9. The molecular formula is C11H20O2S. The van der Waals surface area contributed by atoms with Crippen molar-refractivity contribution in [2.75, 3.05) is 0 Å². The van der Waals surface area contributed by atoms with Crippen molar-refractivity contribution < 1.29 is 9.90 Å². The third-order valence-electron chi connectivity index (χ3n) is 3.18. The topological polar surface area (TPSA) is 37.3 Å². The molecule has 82 valence electrons. The van der Waals surface area contributed by atoms with Gasteiger partial charge in [0, 0.05) is 15.7 Å². The van der Waals surface area contributed by atoms with Gasteiger partial charge in [-0.25, -0.2) is 4.79 Å². The van der Waals surface area contributed by atoms with E-state index in [1.165, 1.54) is 0 Å². The quantitative estimate of drug-likeness (QED) is 0.560. The average Bonchev–Trinajstić information content (AvgIpc) is 1.99. The van der Waals surface area contributed by atoms with Crippen LogP contribution in [0.4, 0.5) is 0 Å². The smallest absolute Gasteiger partial charge is 0.331 e. The highest BCUT2D eigenvalue weighted by atomic mass is 32.1. The molecule has 0 saturated heterocycles. The van der Waals surface area contributed by atoms with E-state index in [0.717, 1.165) is 0 Å². The molecule has 1 atom stereocenters. The Morgan fingerprint density at radius 2 is 1.71 bits per heavy atom. The van der Waals surface area contributed by atoms with Crippen LogP contribution in [0.15, 0.2) is 12.2 Å². The van der Waals surface area contributed by atoms with Crippen molar-refractivity contribution in [3.8, 4) is 0 Å². The molecule has 0 aliphatic carbocycles. The standard InChI is InChI=1S/C11H20O2S/c1-7(9(12)13)10(3,4)8(2)11(5,6)14/h8,14H,1H2,2-6H3,(H,12,13). The van der Waals surface area contributed by atoms with Gasteiger partial charge in [0.25, 0.3) is 0 Å². The van der Waals surface area contributed by atoms with Gasteiger partial charge in [-0.3, -0.25) is 0 Å². The van der Waals surface area contributed by atoms with Crippen molar-refractivity contribution in [3.05, 3.63) is 12.2 Å². The Kier molecular flexibility index (Phi) is 3.85. The van der Waals surface area contributed by atoms with Gasteiger partial charge in [0.1, 0.15) is 0 Å². The first-order valence-corrected chi connectivity index (χ1v) is 5.11. The summed E-state index contributed by atoms with van der Waals surface area (Å²) >= 11 is 4.47. The van der Waals surface area contributed by atoms with E-state index in [1.807, 2.05) is 34.6 Å². The summed E-state index contributed by atoms with van der Waals surface area (Å²) in [6, 6.07) is 0. The first-order chi connectivity index (χ1) is 6.01. The second kappa shape index (κ2) is 3.97. The number of carboxylic acid groups (broad SMARTS) is 1. The molecule has 0 aromatic rings. The predicted octanol–water partition coefficient (Wildman–Crippen LogP) is 3.00. The highest BCUT2D eigenvalue weighted by Crippen LogP contribution is 2.42. The lowest BCUT2D eigenvalue weighted by atomic mass is 9.69. The molecule has 0 saturated carbocycles. The molecule has 0 aliphatic heterocycles. The summed E-state index contributed by atoms with van der Waals surface area (Å²) in [5, 5.41) is 8.91. The molecule has 0 fully saturated rings. The minimum Gasteiger partial charge on any atom is -0.478 e. The predicted molar refractivity (Wildman–Crippen MR) is 62.8 cm³/mol. The van der Waals surface area contributed by atoms with Crippen LogP contribution in [0.3, 0.4) is 0 Å². The molecule has 1 unspecified atom stereocenters. The lowest BCUT2D eigenvalue weighted by Crippen LogP contribution is -2.38. The fourth-order valence-electron chi connectivity index (χ4n) is 1.42. The van der Waals surface area contributed by atoms with Gasteiger partial charge >= 0.3 is 5.97 Å². The zero-order chi connectivity index (χ0) is 11.7. The fourth-order valence-corrected chi connectivity index (χ4v) is 1.74. The molecular weight excluding hydrogens is 196 g/mol. The van der Waals surface area contributed by atoms with E-state index in [9.17, 15) is 4.79 Å². The van der Waals surface area contributed by atoms with E-state index in [1.54, 1.807) is 0 Å². The Hall–Kier alpha value is -0.440. The van der Waals surface area contributed by atoms with E-state index in [2.05, 4.69) is 19.2 Å². The van der Waals surface area contributed by atoms with Crippen molar-refractivity contribution in [1.29, 1.82) is 0 Å². The minimum atomic E-state index is -0.931. The van der Waals surface area contributed by atoms with Crippen LogP contribution in [0, 0.1) is 11.3 Å². The molecule has 0 bridgehead atoms. The maximum absolute atomic E-state index is 10.9.